The number of fused-ring (bicyclic) bond motifs is 4. The molecule has 2 heteroatoms. The van der Waals surface area contributed by atoms with Crippen molar-refractivity contribution >= 4 is 0 Å². The van der Waals surface area contributed by atoms with E-state index in [1.54, 1.807) is 18.5 Å². The second-order valence-electron chi connectivity index (χ2n) is 4.00. The highest BCUT2D eigenvalue weighted by Gasteiger charge is 2.19. The minimum Gasteiger partial charge on any atom is -0.245 e. The van der Waals surface area contributed by atoms with Crippen molar-refractivity contribution in [2.24, 2.45) is 0 Å². The number of benzene rings is 2. The quantitative estimate of drug-likeness (QED) is 0.460. The van der Waals surface area contributed by atoms with Crippen LogP contribution in [0, 0.1) is 0 Å². The maximum Gasteiger partial charge on any atom is 0.115 e. The van der Waals surface area contributed by atoms with E-state index >= 15 is 0 Å². The van der Waals surface area contributed by atoms with E-state index < -0.39 is 0 Å². The van der Waals surface area contributed by atoms with Crippen molar-refractivity contribution in [1.29, 1.82) is 0 Å². The Morgan fingerprint density at radius 1 is 0.500 bits per heavy atom. The topological polar surface area (TPSA) is 25.8 Å². The molecular formula is C16H12N2. The van der Waals surface area contributed by atoms with Gasteiger partial charge in [-0.05, 0) is 28.3 Å². The molecule has 0 atom stereocenters. The molecule has 1 heterocycles. The lowest BCUT2D eigenvalue weighted by Crippen LogP contribution is -1.96. The third-order valence-electron chi connectivity index (χ3n) is 2.91. The van der Waals surface area contributed by atoms with E-state index in [-0.39, 0.29) is 0 Å². The van der Waals surface area contributed by atoms with E-state index in [0.29, 0.717) is 0 Å². The Hall–Kier alpha value is -2.48. The fourth-order valence-corrected chi connectivity index (χ4v) is 2.10. The van der Waals surface area contributed by atoms with Crippen LogP contribution in [0.1, 0.15) is 0 Å². The van der Waals surface area contributed by atoms with Crippen LogP contribution in [0.4, 0.5) is 0 Å². The summed E-state index contributed by atoms with van der Waals surface area (Å²) < 4.78 is 0. The lowest BCUT2D eigenvalue weighted by Gasteiger charge is -2.22. The summed E-state index contributed by atoms with van der Waals surface area (Å²) in [5.74, 6) is 0. The minimum absolute atomic E-state index is 1.40. The molecule has 18 heavy (non-hydrogen) atoms. The van der Waals surface area contributed by atoms with Crippen LogP contribution in [0.15, 0.2) is 73.3 Å². The van der Waals surface area contributed by atoms with Gasteiger partial charge in [0.25, 0.3) is 0 Å². The SMILES string of the molecule is c1ccc2c(c1)-c1ccccc1-2.c1cncnc1. The zero-order valence-corrected chi connectivity index (χ0v) is 9.82. The van der Waals surface area contributed by atoms with Gasteiger partial charge in [0.2, 0.25) is 0 Å². The Kier molecular flexibility index (Phi) is 2.84. The van der Waals surface area contributed by atoms with Crippen LogP contribution in [0.3, 0.4) is 0 Å². The number of rotatable bonds is 0. The first-order valence-electron chi connectivity index (χ1n) is 5.85. The highest BCUT2D eigenvalue weighted by molar-refractivity contribution is 6.02. The van der Waals surface area contributed by atoms with Crippen LogP contribution >= 0.6 is 0 Å². The summed E-state index contributed by atoms with van der Waals surface area (Å²) in [6.07, 6.45) is 4.88. The fraction of sp³-hybridized carbons (Fsp3) is 0. The summed E-state index contributed by atoms with van der Waals surface area (Å²) in [5.41, 5.74) is 5.59. The summed E-state index contributed by atoms with van der Waals surface area (Å²) in [6.45, 7) is 0. The monoisotopic (exact) mass is 232 g/mol. The van der Waals surface area contributed by atoms with Crippen molar-refractivity contribution in [2.75, 3.05) is 0 Å². The number of aromatic nitrogens is 2. The maximum atomic E-state index is 3.67. The van der Waals surface area contributed by atoms with E-state index in [1.165, 1.54) is 28.6 Å². The molecule has 0 aliphatic heterocycles. The van der Waals surface area contributed by atoms with Gasteiger partial charge in [0.05, 0.1) is 0 Å². The third kappa shape index (κ3) is 1.89. The predicted octanol–water partition coefficient (Wildman–Crippen LogP) is 3.81. The second-order valence-corrected chi connectivity index (χ2v) is 4.00. The molecule has 0 bridgehead atoms. The van der Waals surface area contributed by atoms with E-state index in [0.717, 1.165) is 0 Å². The summed E-state index contributed by atoms with van der Waals surface area (Å²) in [4.78, 5) is 7.35. The van der Waals surface area contributed by atoms with Crippen LogP contribution in [0.5, 0.6) is 0 Å². The molecule has 0 saturated carbocycles. The van der Waals surface area contributed by atoms with Gasteiger partial charge in [0.15, 0.2) is 0 Å². The molecule has 2 aromatic carbocycles. The maximum absolute atomic E-state index is 3.67. The van der Waals surface area contributed by atoms with E-state index in [1.807, 2.05) is 0 Å². The second kappa shape index (κ2) is 4.80. The summed E-state index contributed by atoms with van der Waals surface area (Å²) in [6, 6.07) is 18.9. The highest BCUT2D eigenvalue weighted by atomic mass is 14.8. The number of hydrogen-bond acceptors (Lipinski definition) is 2. The van der Waals surface area contributed by atoms with Gasteiger partial charge < -0.3 is 0 Å². The molecule has 1 aliphatic rings. The molecule has 4 rings (SSSR count). The van der Waals surface area contributed by atoms with Crippen LogP contribution in [-0.2, 0) is 0 Å². The highest BCUT2D eigenvalue weighted by Crippen LogP contribution is 2.46. The number of hydrogen-bond donors (Lipinski definition) is 0. The molecule has 1 aromatic heterocycles. The molecule has 2 nitrogen and oxygen atoms in total. The molecule has 3 aromatic rings. The van der Waals surface area contributed by atoms with Crippen LogP contribution in [0.25, 0.3) is 22.3 Å². The Morgan fingerprint density at radius 3 is 1.11 bits per heavy atom. The molecule has 0 fully saturated rings. The fourth-order valence-electron chi connectivity index (χ4n) is 2.10. The van der Waals surface area contributed by atoms with Gasteiger partial charge in [-0.15, -0.1) is 0 Å². The van der Waals surface area contributed by atoms with Gasteiger partial charge in [-0.2, -0.15) is 0 Å². The van der Waals surface area contributed by atoms with Gasteiger partial charge in [-0.25, -0.2) is 9.97 Å². The largest absolute Gasteiger partial charge is 0.245 e. The van der Waals surface area contributed by atoms with Crippen molar-refractivity contribution in [3.05, 3.63) is 73.3 Å². The Labute approximate surface area is 106 Å². The van der Waals surface area contributed by atoms with Crippen LogP contribution in [-0.4, -0.2) is 9.97 Å². The first-order valence-corrected chi connectivity index (χ1v) is 5.85. The Balaban J connectivity index is 0.000000142. The zero-order chi connectivity index (χ0) is 12.2. The molecule has 86 valence electrons. The van der Waals surface area contributed by atoms with Gasteiger partial charge in [-0.1, -0.05) is 48.5 Å². The Morgan fingerprint density at radius 2 is 0.889 bits per heavy atom. The van der Waals surface area contributed by atoms with E-state index in [2.05, 4.69) is 58.5 Å². The summed E-state index contributed by atoms with van der Waals surface area (Å²) in [5, 5.41) is 0. The van der Waals surface area contributed by atoms with Gasteiger partial charge in [0, 0.05) is 12.4 Å². The van der Waals surface area contributed by atoms with Crippen molar-refractivity contribution in [3.63, 3.8) is 0 Å². The van der Waals surface area contributed by atoms with Gasteiger partial charge in [0.1, 0.15) is 6.33 Å². The molecule has 0 amide bonds. The molecule has 0 unspecified atom stereocenters. The molecular weight excluding hydrogens is 220 g/mol. The summed E-state index contributed by atoms with van der Waals surface area (Å²) in [7, 11) is 0. The van der Waals surface area contributed by atoms with E-state index in [4.69, 9.17) is 0 Å². The average Bonchev–Trinajstić information content (AvgIpc) is 2.47. The van der Waals surface area contributed by atoms with Crippen LogP contribution < -0.4 is 0 Å². The van der Waals surface area contributed by atoms with Gasteiger partial charge >= 0.3 is 0 Å². The standard InChI is InChI=1S/C12H8.C4H4N2/c1-2-6-10-9(5-1)11-7-3-4-8-12(10)11;1-2-5-4-6-3-1/h1-8H;1-4H. The molecule has 0 saturated heterocycles. The van der Waals surface area contributed by atoms with E-state index in [9.17, 15) is 0 Å². The zero-order valence-electron chi connectivity index (χ0n) is 9.82. The first-order chi connectivity index (χ1) is 8.97. The smallest absolute Gasteiger partial charge is 0.115 e. The average molecular weight is 232 g/mol. The van der Waals surface area contributed by atoms with Crippen LogP contribution in [0.2, 0.25) is 0 Å². The normalized spacial score (nSPS) is 10.2. The Bertz CT molecular complexity index is 521. The molecule has 1 aliphatic carbocycles. The molecule has 0 radical (unpaired) electrons. The minimum atomic E-state index is 1.40. The number of nitrogens with zero attached hydrogens (tertiary/aromatic N) is 2. The van der Waals surface area contributed by atoms with Crippen molar-refractivity contribution in [2.45, 2.75) is 0 Å². The third-order valence-corrected chi connectivity index (χ3v) is 2.91. The lowest BCUT2D eigenvalue weighted by molar-refractivity contribution is 1.17. The predicted molar refractivity (Wildman–Crippen MR) is 72.9 cm³/mol. The lowest BCUT2D eigenvalue weighted by atomic mass is 9.81. The van der Waals surface area contributed by atoms with Crippen molar-refractivity contribution in [1.82, 2.24) is 9.97 Å². The molecule has 0 N–H and O–H groups in total. The van der Waals surface area contributed by atoms with Gasteiger partial charge in [-0.3, -0.25) is 0 Å². The first kappa shape index (κ1) is 10.7. The summed E-state index contributed by atoms with van der Waals surface area (Å²) >= 11 is 0. The van der Waals surface area contributed by atoms with Crippen molar-refractivity contribution < 1.29 is 0 Å². The van der Waals surface area contributed by atoms with Crippen molar-refractivity contribution in [3.8, 4) is 22.3 Å². The molecule has 0 spiro atoms.